The van der Waals surface area contributed by atoms with Crippen LogP contribution in [0.15, 0.2) is 16.8 Å². The second-order valence-corrected chi connectivity index (χ2v) is 4.35. The van der Waals surface area contributed by atoms with Gasteiger partial charge in [-0.1, -0.05) is 0 Å². The van der Waals surface area contributed by atoms with Crippen molar-refractivity contribution in [3.8, 4) is 0 Å². The van der Waals surface area contributed by atoms with E-state index < -0.39 is 0 Å². The van der Waals surface area contributed by atoms with E-state index in [1.54, 1.807) is 18.3 Å². The molecule has 1 rings (SSSR count). The Kier molecular flexibility index (Phi) is 6.32. The number of hydrogen-bond acceptors (Lipinski definition) is 4. The number of hydrogen-bond donors (Lipinski definition) is 1. The molecule has 0 saturated heterocycles. The molecule has 0 fully saturated rings. The number of thiophene rings is 1. The maximum Gasteiger partial charge on any atom is 0.305 e. The quantitative estimate of drug-likeness (QED) is 0.596. The minimum absolute atomic E-state index is 0.00717. The largest absolute Gasteiger partial charge is 0.466 e. The molecule has 1 heterocycles. The summed E-state index contributed by atoms with van der Waals surface area (Å²) in [5.41, 5.74) is 1.03. The van der Waals surface area contributed by atoms with E-state index in [1.807, 2.05) is 16.8 Å². The molecule has 0 aliphatic heterocycles. The highest BCUT2D eigenvalue weighted by Crippen LogP contribution is 2.06. The van der Waals surface area contributed by atoms with Crippen LogP contribution in [0.4, 0.5) is 0 Å². The topological polar surface area (TPSA) is 55.4 Å². The minimum atomic E-state index is -0.209. The van der Waals surface area contributed by atoms with Gasteiger partial charge in [0.25, 0.3) is 0 Å². The molecule has 17 heavy (non-hydrogen) atoms. The summed E-state index contributed by atoms with van der Waals surface area (Å²) in [6.45, 7) is 2.70. The molecule has 0 aliphatic carbocycles. The standard InChI is InChI=1S/C12H17NO3S/c1-2-16-12(15)4-3-6-13-11(14)8-10-5-7-17-9-10/h5,7,9H,2-4,6,8H2,1H3,(H,13,14). The van der Waals surface area contributed by atoms with Crippen molar-refractivity contribution in [3.63, 3.8) is 0 Å². The number of esters is 1. The Hall–Kier alpha value is -1.36. The van der Waals surface area contributed by atoms with E-state index in [1.165, 1.54) is 0 Å². The van der Waals surface area contributed by atoms with E-state index in [4.69, 9.17) is 4.74 Å². The van der Waals surface area contributed by atoms with Crippen LogP contribution < -0.4 is 5.32 Å². The predicted molar refractivity (Wildman–Crippen MR) is 66.9 cm³/mol. The van der Waals surface area contributed by atoms with Crippen LogP contribution in [-0.2, 0) is 20.7 Å². The number of carbonyl (C=O) groups is 2. The molecule has 1 N–H and O–H groups in total. The second-order valence-electron chi connectivity index (χ2n) is 3.57. The number of carbonyl (C=O) groups excluding carboxylic acids is 2. The van der Waals surface area contributed by atoms with Crippen molar-refractivity contribution in [3.05, 3.63) is 22.4 Å². The normalized spacial score (nSPS) is 9.94. The second kappa shape index (κ2) is 7.84. The van der Waals surface area contributed by atoms with E-state index in [9.17, 15) is 9.59 Å². The van der Waals surface area contributed by atoms with Crippen LogP contribution in [-0.4, -0.2) is 25.0 Å². The van der Waals surface area contributed by atoms with Crippen LogP contribution in [0.2, 0.25) is 0 Å². The Balaban J connectivity index is 2.06. The van der Waals surface area contributed by atoms with Crippen molar-refractivity contribution in [1.29, 1.82) is 0 Å². The van der Waals surface area contributed by atoms with Crippen molar-refractivity contribution in [2.24, 2.45) is 0 Å². The van der Waals surface area contributed by atoms with E-state index in [-0.39, 0.29) is 11.9 Å². The highest BCUT2D eigenvalue weighted by Gasteiger charge is 2.04. The van der Waals surface area contributed by atoms with Gasteiger partial charge in [-0.3, -0.25) is 9.59 Å². The van der Waals surface area contributed by atoms with Crippen LogP contribution in [0.25, 0.3) is 0 Å². The average molecular weight is 255 g/mol. The third-order valence-corrected chi connectivity index (χ3v) is 2.86. The SMILES string of the molecule is CCOC(=O)CCCNC(=O)Cc1ccsc1. The summed E-state index contributed by atoms with van der Waals surface area (Å²) in [6.07, 6.45) is 1.38. The zero-order valence-corrected chi connectivity index (χ0v) is 10.7. The van der Waals surface area contributed by atoms with Crippen molar-refractivity contribution in [2.45, 2.75) is 26.2 Å². The number of nitrogens with one attached hydrogen (secondary N) is 1. The third kappa shape index (κ3) is 6.06. The number of rotatable bonds is 7. The van der Waals surface area contributed by atoms with Crippen LogP contribution >= 0.6 is 11.3 Å². The third-order valence-electron chi connectivity index (χ3n) is 2.13. The lowest BCUT2D eigenvalue weighted by molar-refractivity contribution is -0.143. The van der Waals surface area contributed by atoms with Crippen LogP contribution in [0, 0.1) is 0 Å². The molecular formula is C12H17NO3S. The summed E-state index contributed by atoms with van der Waals surface area (Å²) in [6, 6.07) is 1.93. The summed E-state index contributed by atoms with van der Waals surface area (Å²) < 4.78 is 4.78. The first-order valence-corrected chi connectivity index (χ1v) is 6.60. The highest BCUT2D eigenvalue weighted by atomic mass is 32.1. The Morgan fingerprint density at radius 3 is 2.94 bits per heavy atom. The van der Waals surface area contributed by atoms with E-state index in [0.29, 0.717) is 32.4 Å². The van der Waals surface area contributed by atoms with Gasteiger partial charge in [-0.2, -0.15) is 11.3 Å². The first-order valence-electron chi connectivity index (χ1n) is 5.65. The molecule has 1 aromatic rings. The van der Waals surface area contributed by atoms with Crippen molar-refractivity contribution in [2.75, 3.05) is 13.2 Å². The summed E-state index contributed by atoms with van der Waals surface area (Å²) in [5.74, 6) is -0.216. The smallest absolute Gasteiger partial charge is 0.305 e. The highest BCUT2D eigenvalue weighted by molar-refractivity contribution is 7.07. The van der Waals surface area contributed by atoms with Gasteiger partial charge in [0, 0.05) is 13.0 Å². The van der Waals surface area contributed by atoms with Crippen molar-refractivity contribution in [1.82, 2.24) is 5.32 Å². The van der Waals surface area contributed by atoms with Gasteiger partial charge in [-0.25, -0.2) is 0 Å². The molecule has 0 atom stereocenters. The molecule has 0 saturated carbocycles. The Labute approximate surface area is 105 Å². The lowest BCUT2D eigenvalue weighted by Crippen LogP contribution is -2.26. The van der Waals surface area contributed by atoms with Gasteiger partial charge in [-0.05, 0) is 35.7 Å². The van der Waals surface area contributed by atoms with E-state index in [2.05, 4.69) is 5.32 Å². The molecule has 1 amide bonds. The van der Waals surface area contributed by atoms with Gasteiger partial charge >= 0.3 is 5.97 Å². The molecule has 5 heteroatoms. The van der Waals surface area contributed by atoms with Crippen molar-refractivity contribution < 1.29 is 14.3 Å². The maximum absolute atomic E-state index is 11.5. The Bertz CT molecular complexity index is 349. The Morgan fingerprint density at radius 1 is 1.47 bits per heavy atom. The minimum Gasteiger partial charge on any atom is -0.466 e. The zero-order chi connectivity index (χ0) is 12.5. The first-order chi connectivity index (χ1) is 8.22. The summed E-state index contributed by atoms with van der Waals surface area (Å²) in [7, 11) is 0. The average Bonchev–Trinajstić information content (AvgIpc) is 2.77. The molecule has 1 aromatic heterocycles. The van der Waals surface area contributed by atoms with Gasteiger partial charge < -0.3 is 10.1 Å². The zero-order valence-electron chi connectivity index (χ0n) is 9.90. The molecule has 0 unspecified atom stereocenters. The van der Waals surface area contributed by atoms with E-state index in [0.717, 1.165) is 5.56 Å². The van der Waals surface area contributed by atoms with Gasteiger partial charge in [0.2, 0.25) is 5.91 Å². The van der Waals surface area contributed by atoms with E-state index >= 15 is 0 Å². The van der Waals surface area contributed by atoms with Gasteiger partial charge in [0.05, 0.1) is 13.0 Å². The maximum atomic E-state index is 11.5. The summed E-state index contributed by atoms with van der Waals surface area (Å²) in [5, 5.41) is 6.68. The fraction of sp³-hybridized carbons (Fsp3) is 0.500. The first kappa shape index (κ1) is 13.7. The number of ether oxygens (including phenoxy) is 1. The molecule has 94 valence electrons. The van der Waals surface area contributed by atoms with Gasteiger partial charge in [0.15, 0.2) is 0 Å². The molecule has 0 bridgehead atoms. The van der Waals surface area contributed by atoms with Crippen LogP contribution in [0.5, 0.6) is 0 Å². The lowest BCUT2D eigenvalue weighted by atomic mass is 10.2. The molecule has 0 radical (unpaired) electrons. The predicted octanol–water partition coefficient (Wildman–Crippen LogP) is 1.75. The van der Waals surface area contributed by atoms with Crippen LogP contribution in [0.1, 0.15) is 25.3 Å². The fourth-order valence-electron chi connectivity index (χ4n) is 1.33. The Morgan fingerprint density at radius 2 is 2.29 bits per heavy atom. The molecule has 0 spiro atoms. The molecule has 0 aliphatic rings. The van der Waals surface area contributed by atoms with Crippen molar-refractivity contribution >= 4 is 23.2 Å². The monoisotopic (exact) mass is 255 g/mol. The van der Waals surface area contributed by atoms with Gasteiger partial charge in [-0.15, -0.1) is 0 Å². The fourth-order valence-corrected chi connectivity index (χ4v) is 2.00. The summed E-state index contributed by atoms with van der Waals surface area (Å²) >= 11 is 1.58. The number of amides is 1. The molecule has 4 nitrogen and oxygen atoms in total. The van der Waals surface area contributed by atoms with Crippen LogP contribution in [0.3, 0.4) is 0 Å². The summed E-state index contributed by atoms with van der Waals surface area (Å²) in [4.78, 5) is 22.5. The van der Waals surface area contributed by atoms with Gasteiger partial charge in [0.1, 0.15) is 0 Å². The molecular weight excluding hydrogens is 238 g/mol. The lowest BCUT2D eigenvalue weighted by Gasteiger charge is -2.04. The molecule has 0 aromatic carbocycles.